The number of carbonyl (C=O) groups excluding carboxylic acids is 1. The normalized spacial score (nSPS) is 10.2. The molecule has 1 aromatic heterocycles. The SMILES string of the molecule is O=C(Cn1ccnn1)Nc1ccc(F)cc1I. The molecule has 0 bridgehead atoms. The first-order valence-electron chi connectivity index (χ1n) is 4.74. The first kappa shape index (κ1) is 12.0. The van der Waals surface area contributed by atoms with Crippen LogP contribution in [-0.2, 0) is 11.3 Å². The number of anilines is 1. The van der Waals surface area contributed by atoms with Crippen LogP contribution in [0.4, 0.5) is 10.1 Å². The van der Waals surface area contributed by atoms with Crippen LogP contribution in [0.1, 0.15) is 0 Å². The van der Waals surface area contributed by atoms with E-state index in [1.54, 1.807) is 6.20 Å². The van der Waals surface area contributed by atoms with E-state index >= 15 is 0 Å². The fraction of sp³-hybridized carbons (Fsp3) is 0.100. The van der Waals surface area contributed by atoms with E-state index < -0.39 is 0 Å². The Bertz CT molecular complexity index is 529. The zero-order chi connectivity index (χ0) is 12.3. The van der Waals surface area contributed by atoms with Gasteiger partial charge in [-0.15, -0.1) is 5.10 Å². The molecular weight excluding hydrogens is 338 g/mol. The molecule has 0 aliphatic rings. The van der Waals surface area contributed by atoms with E-state index in [0.717, 1.165) is 0 Å². The molecule has 0 atom stereocenters. The predicted molar refractivity (Wildman–Crippen MR) is 67.8 cm³/mol. The van der Waals surface area contributed by atoms with Gasteiger partial charge in [0.1, 0.15) is 12.4 Å². The zero-order valence-electron chi connectivity index (χ0n) is 8.60. The molecule has 0 aliphatic heterocycles. The lowest BCUT2D eigenvalue weighted by molar-refractivity contribution is -0.116. The molecule has 0 aliphatic carbocycles. The van der Waals surface area contributed by atoms with Gasteiger partial charge >= 0.3 is 0 Å². The molecule has 1 N–H and O–H groups in total. The van der Waals surface area contributed by atoms with Gasteiger partial charge in [0.15, 0.2) is 0 Å². The molecule has 88 valence electrons. The Labute approximate surface area is 110 Å². The average Bonchev–Trinajstić information content (AvgIpc) is 2.75. The summed E-state index contributed by atoms with van der Waals surface area (Å²) in [5.74, 6) is -0.566. The number of amides is 1. The Morgan fingerprint density at radius 1 is 1.53 bits per heavy atom. The second-order valence-electron chi connectivity index (χ2n) is 3.27. The van der Waals surface area contributed by atoms with E-state index in [1.807, 2.05) is 22.6 Å². The monoisotopic (exact) mass is 346 g/mol. The molecule has 0 spiro atoms. The van der Waals surface area contributed by atoms with Crippen LogP contribution in [0.25, 0.3) is 0 Å². The van der Waals surface area contributed by atoms with Gasteiger partial charge in [0.25, 0.3) is 0 Å². The Balaban J connectivity index is 2.03. The van der Waals surface area contributed by atoms with Gasteiger partial charge in [-0.2, -0.15) is 0 Å². The number of nitrogens with zero attached hydrogens (tertiary/aromatic N) is 3. The highest BCUT2D eigenvalue weighted by atomic mass is 127. The third kappa shape index (κ3) is 3.22. The highest BCUT2D eigenvalue weighted by Crippen LogP contribution is 2.18. The van der Waals surface area contributed by atoms with Crippen LogP contribution in [0.15, 0.2) is 30.6 Å². The summed E-state index contributed by atoms with van der Waals surface area (Å²) in [4.78, 5) is 11.6. The number of aromatic nitrogens is 3. The number of benzene rings is 1. The summed E-state index contributed by atoms with van der Waals surface area (Å²) in [6, 6.07) is 4.18. The molecule has 0 fully saturated rings. The van der Waals surface area contributed by atoms with Crippen molar-refractivity contribution in [2.45, 2.75) is 6.54 Å². The summed E-state index contributed by atoms with van der Waals surface area (Å²) in [6.45, 7) is 0.0768. The van der Waals surface area contributed by atoms with Crippen molar-refractivity contribution < 1.29 is 9.18 Å². The third-order valence-electron chi connectivity index (χ3n) is 1.98. The van der Waals surface area contributed by atoms with Crippen LogP contribution in [0.2, 0.25) is 0 Å². The molecule has 7 heteroatoms. The number of hydrogen-bond donors (Lipinski definition) is 1. The van der Waals surface area contributed by atoms with Gasteiger partial charge in [-0.05, 0) is 40.8 Å². The third-order valence-corrected chi connectivity index (χ3v) is 2.88. The second kappa shape index (κ2) is 5.21. The zero-order valence-corrected chi connectivity index (χ0v) is 10.8. The van der Waals surface area contributed by atoms with Crippen molar-refractivity contribution in [1.82, 2.24) is 15.0 Å². The largest absolute Gasteiger partial charge is 0.324 e. The van der Waals surface area contributed by atoms with Crippen molar-refractivity contribution in [2.75, 3.05) is 5.32 Å². The number of rotatable bonds is 3. The summed E-state index contributed by atoms with van der Waals surface area (Å²) in [5.41, 5.74) is 0.581. The predicted octanol–water partition coefficient (Wildman–Crippen LogP) is 1.66. The van der Waals surface area contributed by atoms with E-state index in [4.69, 9.17) is 0 Å². The number of nitrogens with one attached hydrogen (secondary N) is 1. The van der Waals surface area contributed by atoms with Crippen molar-refractivity contribution in [3.63, 3.8) is 0 Å². The van der Waals surface area contributed by atoms with Crippen molar-refractivity contribution in [3.05, 3.63) is 40.0 Å². The van der Waals surface area contributed by atoms with Crippen molar-refractivity contribution in [2.24, 2.45) is 0 Å². The minimum atomic E-state index is -0.330. The summed E-state index contributed by atoms with van der Waals surface area (Å²) in [6.07, 6.45) is 3.09. The Morgan fingerprint density at radius 3 is 3.00 bits per heavy atom. The average molecular weight is 346 g/mol. The molecule has 1 heterocycles. The minimum Gasteiger partial charge on any atom is -0.324 e. The molecule has 0 saturated heterocycles. The van der Waals surface area contributed by atoms with Crippen LogP contribution in [-0.4, -0.2) is 20.9 Å². The Hall–Kier alpha value is -1.51. The van der Waals surface area contributed by atoms with Crippen molar-refractivity contribution in [1.29, 1.82) is 0 Å². The lowest BCUT2D eigenvalue weighted by Gasteiger charge is -2.07. The molecular formula is C10H8FIN4O. The first-order valence-corrected chi connectivity index (χ1v) is 5.82. The summed E-state index contributed by atoms with van der Waals surface area (Å²) < 4.78 is 14.9. The topological polar surface area (TPSA) is 59.8 Å². The van der Waals surface area contributed by atoms with Gasteiger partial charge in [-0.1, -0.05) is 5.21 Å². The smallest absolute Gasteiger partial charge is 0.246 e. The fourth-order valence-electron chi connectivity index (χ4n) is 1.24. The van der Waals surface area contributed by atoms with Gasteiger partial charge in [0.2, 0.25) is 5.91 Å². The van der Waals surface area contributed by atoms with Crippen molar-refractivity contribution in [3.8, 4) is 0 Å². The van der Waals surface area contributed by atoms with Crippen LogP contribution in [0, 0.1) is 9.39 Å². The molecule has 0 saturated carbocycles. The lowest BCUT2D eigenvalue weighted by Crippen LogP contribution is -2.19. The van der Waals surface area contributed by atoms with Crippen LogP contribution in [0.5, 0.6) is 0 Å². The number of hydrogen-bond acceptors (Lipinski definition) is 3. The lowest BCUT2D eigenvalue weighted by atomic mass is 10.3. The quantitative estimate of drug-likeness (QED) is 0.860. The molecule has 0 unspecified atom stereocenters. The molecule has 1 amide bonds. The van der Waals surface area contributed by atoms with E-state index in [2.05, 4.69) is 15.6 Å². The Kier molecular flexibility index (Phi) is 3.67. The Morgan fingerprint density at radius 2 is 2.35 bits per heavy atom. The maximum atomic E-state index is 12.9. The van der Waals surface area contributed by atoms with Gasteiger partial charge in [-0.25, -0.2) is 9.07 Å². The van der Waals surface area contributed by atoms with E-state index in [-0.39, 0.29) is 18.3 Å². The second-order valence-corrected chi connectivity index (χ2v) is 4.44. The van der Waals surface area contributed by atoms with Gasteiger partial charge in [0.05, 0.1) is 11.9 Å². The van der Waals surface area contributed by atoms with Gasteiger partial charge in [0, 0.05) is 9.77 Å². The molecule has 5 nitrogen and oxygen atoms in total. The van der Waals surface area contributed by atoms with Gasteiger partial charge < -0.3 is 5.32 Å². The molecule has 2 aromatic rings. The number of halogens is 2. The number of carbonyl (C=O) groups is 1. The van der Waals surface area contributed by atoms with Gasteiger partial charge in [-0.3, -0.25) is 4.79 Å². The summed E-state index contributed by atoms with van der Waals surface area (Å²) in [7, 11) is 0. The van der Waals surface area contributed by atoms with Crippen molar-refractivity contribution >= 4 is 34.2 Å². The fourth-order valence-corrected chi connectivity index (χ4v) is 1.86. The highest BCUT2D eigenvalue weighted by Gasteiger charge is 2.07. The van der Waals surface area contributed by atoms with E-state index in [0.29, 0.717) is 9.26 Å². The van der Waals surface area contributed by atoms with E-state index in [1.165, 1.54) is 29.1 Å². The van der Waals surface area contributed by atoms with Crippen LogP contribution >= 0.6 is 22.6 Å². The first-order chi connectivity index (χ1) is 8.15. The highest BCUT2D eigenvalue weighted by molar-refractivity contribution is 14.1. The maximum Gasteiger partial charge on any atom is 0.246 e. The summed E-state index contributed by atoms with van der Waals surface area (Å²) >= 11 is 1.96. The molecule has 1 aromatic carbocycles. The minimum absolute atomic E-state index is 0.0768. The molecule has 17 heavy (non-hydrogen) atoms. The molecule has 0 radical (unpaired) electrons. The van der Waals surface area contributed by atoms with E-state index in [9.17, 15) is 9.18 Å². The molecule has 2 rings (SSSR count). The standard InChI is InChI=1S/C10H8FIN4O/c11-7-1-2-9(8(12)5-7)14-10(17)6-16-4-3-13-15-16/h1-5H,6H2,(H,14,17). The summed E-state index contributed by atoms with van der Waals surface area (Å²) in [5, 5.41) is 9.95. The van der Waals surface area contributed by atoms with Crippen LogP contribution < -0.4 is 5.32 Å². The van der Waals surface area contributed by atoms with Crippen LogP contribution in [0.3, 0.4) is 0 Å². The maximum absolute atomic E-state index is 12.9.